The number of rotatable bonds is 8. The van der Waals surface area contributed by atoms with Gasteiger partial charge in [0.25, 0.3) is 0 Å². The number of ketones is 1. The summed E-state index contributed by atoms with van der Waals surface area (Å²) in [5.74, 6) is 0.224. The van der Waals surface area contributed by atoms with Crippen molar-refractivity contribution in [3.05, 3.63) is 35.4 Å². The van der Waals surface area contributed by atoms with E-state index in [1.165, 1.54) is 12.5 Å². The Morgan fingerprint density at radius 3 is 2.24 bits per heavy atom. The first-order chi connectivity index (χ1) is 9.81. The van der Waals surface area contributed by atoms with Crippen molar-refractivity contribution in [3.63, 3.8) is 0 Å². The van der Waals surface area contributed by atoms with Gasteiger partial charge in [0, 0.05) is 12.3 Å². The molecule has 0 aliphatic heterocycles. The minimum Gasteiger partial charge on any atom is -0.392 e. The van der Waals surface area contributed by atoms with E-state index in [4.69, 9.17) is 4.74 Å². The van der Waals surface area contributed by atoms with Crippen LogP contribution in [0.2, 0.25) is 0 Å². The average Bonchev–Trinajstić information content (AvgIpc) is 2.39. The molecule has 1 rings (SSSR count). The van der Waals surface area contributed by atoms with Crippen LogP contribution in [0.3, 0.4) is 0 Å². The first-order valence-electron chi connectivity index (χ1n) is 7.66. The van der Waals surface area contributed by atoms with E-state index in [0.29, 0.717) is 6.61 Å². The largest absolute Gasteiger partial charge is 0.392 e. The predicted molar refractivity (Wildman–Crippen MR) is 85.1 cm³/mol. The number of benzene rings is 1. The lowest BCUT2D eigenvalue weighted by molar-refractivity contribution is -0.121. The van der Waals surface area contributed by atoms with E-state index in [1.54, 1.807) is 0 Å². The van der Waals surface area contributed by atoms with Gasteiger partial charge in [-0.3, -0.25) is 4.79 Å². The maximum atomic E-state index is 11.2. The van der Waals surface area contributed by atoms with Crippen molar-refractivity contribution in [3.8, 4) is 0 Å². The molecule has 0 unspecified atom stereocenters. The summed E-state index contributed by atoms with van der Waals surface area (Å²) in [7, 11) is 0. The third-order valence-corrected chi connectivity index (χ3v) is 3.84. The number of aliphatic hydroxyl groups excluding tert-OH is 1. The summed E-state index contributed by atoms with van der Waals surface area (Å²) in [6.07, 6.45) is -0.522. The number of carbonyl (C=O) groups is 1. The minimum atomic E-state index is -0.645. The molecule has 0 aromatic heterocycles. The molecule has 118 valence electrons. The Bertz CT molecular complexity index is 436. The van der Waals surface area contributed by atoms with Crippen LogP contribution in [-0.4, -0.2) is 23.1 Å². The number of carbonyl (C=O) groups excluding carboxylic acids is 1. The lowest BCUT2D eigenvalue weighted by Gasteiger charge is -2.30. The van der Waals surface area contributed by atoms with Crippen molar-refractivity contribution >= 4 is 5.78 Å². The van der Waals surface area contributed by atoms with Crippen molar-refractivity contribution in [2.45, 2.75) is 59.9 Å². The zero-order valence-corrected chi connectivity index (χ0v) is 13.8. The van der Waals surface area contributed by atoms with Crippen LogP contribution >= 0.6 is 0 Å². The van der Waals surface area contributed by atoms with Gasteiger partial charge in [0.2, 0.25) is 0 Å². The molecule has 0 spiro atoms. The van der Waals surface area contributed by atoms with Crippen molar-refractivity contribution in [2.75, 3.05) is 0 Å². The zero-order chi connectivity index (χ0) is 16.0. The Morgan fingerprint density at radius 1 is 1.19 bits per heavy atom. The maximum absolute atomic E-state index is 11.2. The third kappa shape index (κ3) is 5.98. The molecule has 0 fully saturated rings. The van der Waals surface area contributed by atoms with Gasteiger partial charge in [0.1, 0.15) is 5.78 Å². The van der Waals surface area contributed by atoms with Crippen molar-refractivity contribution in [1.82, 2.24) is 0 Å². The standard InChI is InChI=1S/C18H28O3/c1-12(2)18(15(5)17(20)10-14(4)19)21-11-16-8-6-13(3)7-9-16/h6-9,12,15,17-18,20H,10-11H2,1-5H3/t15-,17-,18-/m1/s1. The number of aliphatic hydroxyl groups is 1. The Hall–Kier alpha value is -1.19. The molecule has 0 heterocycles. The van der Waals surface area contributed by atoms with E-state index < -0.39 is 6.10 Å². The Kier molecular flexibility index (Phi) is 7.06. The monoisotopic (exact) mass is 292 g/mol. The number of Topliss-reactive ketones (excluding diaryl/α,β-unsaturated/α-hetero) is 1. The van der Waals surface area contributed by atoms with Crippen LogP contribution in [0.1, 0.15) is 45.2 Å². The van der Waals surface area contributed by atoms with E-state index in [0.717, 1.165) is 5.56 Å². The van der Waals surface area contributed by atoms with Gasteiger partial charge in [-0.2, -0.15) is 0 Å². The van der Waals surface area contributed by atoms with Crippen LogP contribution in [0.5, 0.6) is 0 Å². The summed E-state index contributed by atoms with van der Waals surface area (Å²) in [6, 6.07) is 8.25. The number of ether oxygens (including phenoxy) is 1. The molecule has 3 atom stereocenters. The zero-order valence-electron chi connectivity index (χ0n) is 13.8. The highest BCUT2D eigenvalue weighted by Gasteiger charge is 2.28. The normalized spacial score (nSPS) is 15.8. The van der Waals surface area contributed by atoms with Gasteiger partial charge in [-0.15, -0.1) is 0 Å². The van der Waals surface area contributed by atoms with Crippen LogP contribution in [0.4, 0.5) is 0 Å². The van der Waals surface area contributed by atoms with Crippen molar-refractivity contribution in [2.24, 2.45) is 11.8 Å². The second kappa shape index (κ2) is 8.30. The predicted octanol–water partition coefficient (Wildman–Crippen LogP) is 3.51. The summed E-state index contributed by atoms with van der Waals surface area (Å²) in [5.41, 5.74) is 2.35. The summed E-state index contributed by atoms with van der Waals surface area (Å²) < 4.78 is 6.02. The maximum Gasteiger partial charge on any atom is 0.132 e. The molecular weight excluding hydrogens is 264 g/mol. The van der Waals surface area contributed by atoms with E-state index in [1.807, 2.05) is 6.92 Å². The van der Waals surface area contributed by atoms with E-state index in [-0.39, 0.29) is 30.1 Å². The second-order valence-corrected chi connectivity index (χ2v) is 6.34. The summed E-state index contributed by atoms with van der Waals surface area (Å²) in [5, 5.41) is 10.1. The van der Waals surface area contributed by atoms with E-state index in [2.05, 4.69) is 45.0 Å². The van der Waals surface area contributed by atoms with Crippen LogP contribution in [0.15, 0.2) is 24.3 Å². The Morgan fingerprint density at radius 2 is 1.76 bits per heavy atom. The molecule has 0 saturated heterocycles. The fourth-order valence-corrected chi connectivity index (χ4v) is 2.53. The van der Waals surface area contributed by atoms with Gasteiger partial charge >= 0.3 is 0 Å². The molecule has 0 aliphatic carbocycles. The molecule has 0 bridgehead atoms. The molecule has 3 nitrogen and oxygen atoms in total. The molecule has 1 N–H and O–H groups in total. The molecule has 0 saturated carbocycles. The number of hydrogen-bond acceptors (Lipinski definition) is 3. The summed E-state index contributed by atoms with van der Waals surface area (Å²) >= 11 is 0. The van der Waals surface area contributed by atoms with Gasteiger partial charge in [0.05, 0.1) is 18.8 Å². The fourth-order valence-electron chi connectivity index (χ4n) is 2.53. The van der Waals surface area contributed by atoms with Crippen LogP contribution in [0, 0.1) is 18.8 Å². The fraction of sp³-hybridized carbons (Fsp3) is 0.611. The van der Waals surface area contributed by atoms with Crippen LogP contribution < -0.4 is 0 Å². The van der Waals surface area contributed by atoms with Gasteiger partial charge < -0.3 is 9.84 Å². The molecule has 3 heteroatoms. The van der Waals surface area contributed by atoms with Gasteiger partial charge in [-0.25, -0.2) is 0 Å². The second-order valence-electron chi connectivity index (χ2n) is 6.34. The van der Waals surface area contributed by atoms with Gasteiger partial charge in [-0.1, -0.05) is 50.6 Å². The molecule has 1 aromatic carbocycles. The quantitative estimate of drug-likeness (QED) is 0.797. The highest BCUT2D eigenvalue weighted by Crippen LogP contribution is 2.23. The average molecular weight is 292 g/mol. The van der Waals surface area contributed by atoms with Crippen LogP contribution in [-0.2, 0) is 16.1 Å². The van der Waals surface area contributed by atoms with E-state index in [9.17, 15) is 9.90 Å². The van der Waals surface area contributed by atoms with Crippen molar-refractivity contribution < 1.29 is 14.6 Å². The topological polar surface area (TPSA) is 46.5 Å². The Balaban J connectivity index is 2.64. The SMILES string of the molecule is CC(=O)C[C@@H](O)[C@@H](C)[C@H](OCc1ccc(C)cc1)C(C)C. The van der Waals surface area contributed by atoms with E-state index >= 15 is 0 Å². The molecule has 0 amide bonds. The van der Waals surface area contributed by atoms with Gasteiger partial charge in [-0.05, 0) is 25.3 Å². The molecule has 0 radical (unpaired) electrons. The molecular formula is C18H28O3. The summed E-state index contributed by atoms with van der Waals surface area (Å²) in [6.45, 7) is 10.2. The summed E-state index contributed by atoms with van der Waals surface area (Å²) in [4.78, 5) is 11.2. The number of aryl methyl sites for hydroxylation is 1. The molecule has 0 aliphatic rings. The smallest absolute Gasteiger partial charge is 0.132 e. The van der Waals surface area contributed by atoms with Gasteiger partial charge in [0.15, 0.2) is 0 Å². The first-order valence-corrected chi connectivity index (χ1v) is 7.66. The number of hydrogen-bond donors (Lipinski definition) is 1. The van der Waals surface area contributed by atoms with Crippen molar-refractivity contribution in [1.29, 1.82) is 0 Å². The molecule has 1 aromatic rings. The lowest BCUT2D eigenvalue weighted by Crippen LogP contribution is -2.36. The highest BCUT2D eigenvalue weighted by molar-refractivity contribution is 5.75. The molecule has 21 heavy (non-hydrogen) atoms. The minimum absolute atomic E-state index is 0.00962. The first kappa shape index (κ1) is 17.9. The lowest BCUT2D eigenvalue weighted by atomic mass is 9.88. The highest BCUT2D eigenvalue weighted by atomic mass is 16.5. The third-order valence-electron chi connectivity index (χ3n) is 3.84. The van der Waals surface area contributed by atoms with Crippen LogP contribution in [0.25, 0.3) is 0 Å². The Labute approximate surface area is 128 Å².